The van der Waals surface area contributed by atoms with Crippen molar-refractivity contribution >= 4 is 11.9 Å². The zero-order chi connectivity index (χ0) is 15.1. The lowest BCUT2D eigenvalue weighted by atomic mass is 9.83. The first-order chi connectivity index (χ1) is 10.7. The van der Waals surface area contributed by atoms with Crippen LogP contribution in [0.1, 0.15) is 18.4 Å². The smallest absolute Gasteiger partial charge is 0.345 e. The maximum Gasteiger partial charge on any atom is 0.345 e. The summed E-state index contributed by atoms with van der Waals surface area (Å²) in [5.74, 6) is 0.231. The zero-order valence-corrected chi connectivity index (χ0v) is 12.3. The first-order valence-corrected chi connectivity index (χ1v) is 7.78. The molecule has 1 N–H and O–H groups in total. The van der Waals surface area contributed by atoms with E-state index in [1.165, 1.54) is 5.06 Å². The summed E-state index contributed by atoms with van der Waals surface area (Å²) in [6.45, 7) is 1.67. The largest absolute Gasteiger partial charge is 0.354 e. The SMILES string of the molecule is O=C1NCCC2CC3CN(C(=O)N3OCc3ccccc3)C12. The standard InChI is InChI=1S/C16H19N3O3/c20-15-14-12(6-7-17-15)8-13-9-18(14)16(21)19(13)22-10-11-4-2-1-3-5-11/h1-5,12-14H,6-10H2,(H,17,20). The predicted octanol–water partition coefficient (Wildman–Crippen LogP) is 1.13. The Kier molecular flexibility index (Phi) is 3.26. The number of benzene rings is 1. The fourth-order valence-corrected chi connectivity index (χ4v) is 3.79. The molecule has 3 amide bonds. The van der Waals surface area contributed by atoms with E-state index in [4.69, 9.17) is 4.84 Å². The van der Waals surface area contributed by atoms with Crippen LogP contribution in [0, 0.1) is 5.92 Å². The molecule has 0 saturated carbocycles. The molecule has 3 atom stereocenters. The van der Waals surface area contributed by atoms with Crippen LogP contribution in [0.5, 0.6) is 0 Å². The normalized spacial score (nSPS) is 30.3. The second-order valence-electron chi connectivity index (χ2n) is 6.19. The molecule has 116 valence electrons. The molecule has 0 spiro atoms. The van der Waals surface area contributed by atoms with E-state index in [1.54, 1.807) is 4.90 Å². The van der Waals surface area contributed by atoms with Crippen LogP contribution in [-0.4, -0.2) is 47.1 Å². The molecule has 1 aromatic rings. The molecule has 3 aliphatic heterocycles. The van der Waals surface area contributed by atoms with Gasteiger partial charge in [0.2, 0.25) is 5.91 Å². The summed E-state index contributed by atoms with van der Waals surface area (Å²) in [6.07, 6.45) is 1.78. The van der Waals surface area contributed by atoms with Gasteiger partial charge in [0.05, 0.1) is 6.04 Å². The molecule has 4 rings (SSSR count). The highest BCUT2D eigenvalue weighted by Gasteiger charge is 2.53. The predicted molar refractivity (Wildman–Crippen MR) is 78.5 cm³/mol. The third kappa shape index (κ3) is 2.14. The minimum absolute atomic E-state index is 0.0204. The lowest BCUT2D eigenvalue weighted by Crippen LogP contribution is -2.58. The van der Waals surface area contributed by atoms with Gasteiger partial charge in [-0.05, 0) is 24.3 Å². The highest BCUT2D eigenvalue weighted by atomic mass is 16.7. The van der Waals surface area contributed by atoms with E-state index >= 15 is 0 Å². The first kappa shape index (κ1) is 13.6. The van der Waals surface area contributed by atoms with Gasteiger partial charge in [-0.25, -0.2) is 4.79 Å². The molecule has 3 saturated heterocycles. The van der Waals surface area contributed by atoms with Crippen molar-refractivity contribution in [2.75, 3.05) is 13.1 Å². The number of amides is 3. The number of hydrogen-bond donors (Lipinski definition) is 1. The molecule has 1 aromatic carbocycles. The van der Waals surface area contributed by atoms with Gasteiger partial charge in [-0.2, -0.15) is 5.06 Å². The average Bonchev–Trinajstić information content (AvgIpc) is 2.78. The number of rotatable bonds is 3. The van der Waals surface area contributed by atoms with Gasteiger partial charge in [-0.3, -0.25) is 9.63 Å². The van der Waals surface area contributed by atoms with Crippen molar-refractivity contribution in [3.63, 3.8) is 0 Å². The molecular weight excluding hydrogens is 282 g/mol. The summed E-state index contributed by atoms with van der Waals surface area (Å²) in [6, 6.07) is 9.36. The van der Waals surface area contributed by atoms with Gasteiger partial charge in [-0.15, -0.1) is 0 Å². The monoisotopic (exact) mass is 301 g/mol. The topological polar surface area (TPSA) is 61.9 Å². The van der Waals surface area contributed by atoms with Gasteiger partial charge < -0.3 is 10.2 Å². The zero-order valence-electron chi connectivity index (χ0n) is 12.3. The van der Waals surface area contributed by atoms with Crippen LogP contribution in [0.3, 0.4) is 0 Å². The van der Waals surface area contributed by atoms with Crippen LogP contribution in [0.4, 0.5) is 4.79 Å². The fourth-order valence-electron chi connectivity index (χ4n) is 3.79. The van der Waals surface area contributed by atoms with Gasteiger partial charge >= 0.3 is 6.03 Å². The van der Waals surface area contributed by atoms with Crippen LogP contribution in [0.25, 0.3) is 0 Å². The lowest BCUT2D eigenvalue weighted by Gasteiger charge is -2.39. The second kappa shape index (κ2) is 5.28. The maximum atomic E-state index is 12.6. The molecule has 3 aliphatic rings. The number of carbonyl (C=O) groups excluding carboxylic acids is 2. The molecule has 2 bridgehead atoms. The number of urea groups is 1. The van der Waals surface area contributed by atoms with E-state index in [9.17, 15) is 9.59 Å². The molecule has 0 aliphatic carbocycles. The lowest BCUT2D eigenvalue weighted by molar-refractivity contribution is -0.143. The number of piperidine rings is 2. The number of hydroxylamine groups is 2. The van der Waals surface area contributed by atoms with E-state index in [-0.39, 0.29) is 29.9 Å². The fraction of sp³-hybridized carbons (Fsp3) is 0.500. The van der Waals surface area contributed by atoms with Crippen molar-refractivity contribution in [3.8, 4) is 0 Å². The van der Waals surface area contributed by atoms with Crippen LogP contribution in [0.2, 0.25) is 0 Å². The summed E-state index contributed by atoms with van der Waals surface area (Å²) in [5.41, 5.74) is 1.03. The van der Waals surface area contributed by atoms with Crippen LogP contribution in [0.15, 0.2) is 30.3 Å². The summed E-state index contributed by atoms with van der Waals surface area (Å²) in [5, 5.41) is 4.35. The van der Waals surface area contributed by atoms with E-state index < -0.39 is 0 Å². The van der Waals surface area contributed by atoms with Crippen LogP contribution < -0.4 is 5.32 Å². The summed E-state index contributed by atoms with van der Waals surface area (Å²) >= 11 is 0. The number of hydrogen-bond acceptors (Lipinski definition) is 3. The van der Waals surface area contributed by atoms with Crippen molar-refractivity contribution in [1.82, 2.24) is 15.3 Å². The Bertz CT molecular complexity index is 592. The molecule has 3 fully saturated rings. The minimum Gasteiger partial charge on any atom is -0.354 e. The third-order valence-electron chi connectivity index (χ3n) is 4.83. The minimum atomic E-state index is -0.317. The molecule has 0 aromatic heterocycles. The Morgan fingerprint density at radius 3 is 2.86 bits per heavy atom. The summed E-state index contributed by atoms with van der Waals surface area (Å²) in [7, 11) is 0. The second-order valence-corrected chi connectivity index (χ2v) is 6.19. The number of nitrogens with one attached hydrogen (secondary N) is 1. The van der Waals surface area contributed by atoms with Crippen molar-refractivity contribution in [2.24, 2.45) is 5.92 Å². The molecule has 6 nitrogen and oxygen atoms in total. The maximum absolute atomic E-state index is 12.6. The molecule has 3 heterocycles. The van der Waals surface area contributed by atoms with E-state index in [0.29, 0.717) is 19.7 Å². The molecule has 0 radical (unpaired) electrons. The Labute approximate surface area is 129 Å². The number of fused-ring (bicyclic) bond motifs is 4. The highest BCUT2D eigenvalue weighted by Crippen LogP contribution is 2.37. The highest BCUT2D eigenvalue weighted by molar-refractivity contribution is 5.89. The molecular formula is C16H19N3O3. The number of carbonyl (C=O) groups is 2. The van der Waals surface area contributed by atoms with E-state index in [0.717, 1.165) is 18.4 Å². The first-order valence-electron chi connectivity index (χ1n) is 7.78. The average molecular weight is 301 g/mol. The Balaban J connectivity index is 1.49. The van der Waals surface area contributed by atoms with Gasteiger partial charge in [-0.1, -0.05) is 30.3 Å². The van der Waals surface area contributed by atoms with Crippen molar-refractivity contribution in [2.45, 2.75) is 31.5 Å². The number of nitrogens with zero attached hydrogens (tertiary/aromatic N) is 2. The summed E-state index contributed by atoms with van der Waals surface area (Å²) in [4.78, 5) is 32.1. The molecule has 22 heavy (non-hydrogen) atoms. The Morgan fingerprint density at radius 2 is 2.05 bits per heavy atom. The van der Waals surface area contributed by atoms with Gasteiger partial charge in [0.1, 0.15) is 12.6 Å². The van der Waals surface area contributed by atoms with Gasteiger partial charge in [0.15, 0.2) is 0 Å². The van der Waals surface area contributed by atoms with Crippen LogP contribution in [-0.2, 0) is 16.2 Å². The van der Waals surface area contributed by atoms with Gasteiger partial charge in [0.25, 0.3) is 0 Å². The third-order valence-corrected chi connectivity index (χ3v) is 4.83. The van der Waals surface area contributed by atoms with Crippen molar-refractivity contribution in [1.29, 1.82) is 0 Å². The van der Waals surface area contributed by atoms with E-state index in [2.05, 4.69) is 5.32 Å². The van der Waals surface area contributed by atoms with Crippen LogP contribution >= 0.6 is 0 Å². The molecule has 3 unspecified atom stereocenters. The Morgan fingerprint density at radius 1 is 1.23 bits per heavy atom. The Hall–Kier alpha value is -2.08. The quantitative estimate of drug-likeness (QED) is 0.910. The summed E-state index contributed by atoms with van der Waals surface area (Å²) < 4.78 is 0. The van der Waals surface area contributed by atoms with Gasteiger partial charge in [0, 0.05) is 13.1 Å². The van der Waals surface area contributed by atoms with Crippen molar-refractivity contribution < 1.29 is 14.4 Å². The molecule has 6 heteroatoms. The van der Waals surface area contributed by atoms with E-state index in [1.807, 2.05) is 30.3 Å². The van der Waals surface area contributed by atoms with Crippen molar-refractivity contribution in [3.05, 3.63) is 35.9 Å².